The van der Waals surface area contributed by atoms with Gasteiger partial charge in [-0.05, 0) is 0 Å². The maximum atomic E-state index is 9.75. The molecule has 0 spiro atoms. The van der Waals surface area contributed by atoms with Crippen molar-refractivity contribution >= 4 is 7.25 Å². The van der Waals surface area contributed by atoms with Crippen LogP contribution in [-0.2, 0) is 16.2 Å². The van der Waals surface area contributed by atoms with Gasteiger partial charge in [0.1, 0.15) is 0 Å². The van der Waals surface area contributed by atoms with Crippen LogP contribution in [0, 0.1) is 4.91 Å². The number of rotatable bonds is 0. The van der Waals surface area contributed by atoms with Gasteiger partial charge in [-0.15, -0.1) is 0 Å². The van der Waals surface area contributed by atoms with Crippen LogP contribution in [0.25, 0.3) is 0 Å². The molecule has 50 valence electrons. The predicted octanol–water partition coefficient (Wildman–Crippen LogP) is 1.51. The molecule has 0 unspecified atom stereocenters. The third kappa shape index (κ3) is 15500. The van der Waals surface area contributed by atoms with Gasteiger partial charge in [-0.2, -0.15) is 0 Å². The second-order valence-corrected chi connectivity index (χ2v) is 0.761. The van der Waals surface area contributed by atoms with Crippen molar-refractivity contribution < 1.29 is 33.5 Å². The Morgan fingerprint density at radius 2 is 1.25 bits per heavy atom. The molecular weight excluding hydrogens is 173 g/mol. The molecule has 0 saturated carbocycles. The first kappa shape index (κ1) is 10.8. The van der Waals surface area contributed by atoms with Crippen molar-refractivity contribution in [1.29, 1.82) is 0 Å². The molecule has 0 rings (SSSR count). The van der Waals surface area contributed by atoms with Crippen molar-refractivity contribution in [3.63, 3.8) is 0 Å². The second kappa shape index (κ2) is 5.05. The van der Waals surface area contributed by atoms with Gasteiger partial charge >= 0.3 is 32.6 Å². The van der Waals surface area contributed by atoms with E-state index >= 15 is 0 Å². The first-order valence-electron chi connectivity index (χ1n) is 1.21. The normalized spacial score (nSPS) is 9.12. The Balaban J connectivity index is 0. The molecule has 0 saturated heterocycles. The van der Waals surface area contributed by atoms with Gasteiger partial charge in [0, 0.05) is 0 Å². The number of halogens is 4. The third-order valence-electron chi connectivity index (χ3n) is 0. The first-order chi connectivity index (χ1) is 3.41. The molecule has 0 aliphatic carbocycles. The topological polar surface area (TPSA) is 29.4 Å². The summed E-state index contributed by atoms with van der Waals surface area (Å²) in [5.74, 6) is 0. The number of nitroso groups, excluding NO2 is 1. The fourth-order valence-corrected chi connectivity index (χ4v) is 0. The maximum absolute atomic E-state index is 9.75. The Morgan fingerprint density at radius 3 is 1.25 bits per heavy atom. The molecule has 0 atom stereocenters. The molecule has 0 radical (unpaired) electrons. The molecule has 0 aromatic heterocycles. The quantitative estimate of drug-likeness (QED) is 0.310. The molecular formula is BF4FeNO. The molecule has 0 aromatic rings. The molecule has 8 heavy (non-hydrogen) atoms. The van der Waals surface area contributed by atoms with Gasteiger partial charge in [0.05, 0.1) is 0 Å². The van der Waals surface area contributed by atoms with Gasteiger partial charge in [0.15, 0.2) is 0 Å². The summed E-state index contributed by atoms with van der Waals surface area (Å²) in [5, 5.41) is 0. The van der Waals surface area contributed by atoms with Crippen LogP contribution in [0.4, 0.5) is 17.3 Å². The molecule has 0 amide bonds. The van der Waals surface area contributed by atoms with Crippen molar-refractivity contribution in [3.05, 3.63) is 4.91 Å². The molecule has 0 aliphatic heterocycles. The Bertz CT molecular complexity index is 55.5. The van der Waals surface area contributed by atoms with E-state index in [1.807, 2.05) is 4.19 Å². The average molecular weight is 173 g/mol. The van der Waals surface area contributed by atoms with E-state index in [0.717, 1.165) is 0 Å². The van der Waals surface area contributed by atoms with E-state index in [1.165, 1.54) is 0 Å². The summed E-state index contributed by atoms with van der Waals surface area (Å²) in [6.45, 7) is 0. The molecule has 0 bridgehead atoms. The van der Waals surface area contributed by atoms with Gasteiger partial charge < -0.3 is 17.3 Å². The minimum atomic E-state index is -6.00. The van der Waals surface area contributed by atoms with Crippen LogP contribution >= 0.6 is 0 Å². The van der Waals surface area contributed by atoms with Crippen LogP contribution in [-0.4, -0.2) is 7.25 Å². The predicted molar refractivity (Wildman–Crippen MR) is 16.0 cm³/mol. The van der Waals surface area contributed by atoms with E-state index in [4.69, 9.17) is 4.91 Å². The van der Waals surface area contributed by atoms with Gasteiger partial charge in [-0.25, -0.2) is 0 Å². The second-order valence-electron chi connectivity index (χ2n) is 0.559. The van der Waals surface area contributed by atoms with E-state index in [1.54, 1.807) is 0 Å². The Kier molecular flexibility index (Phi) is 6.82. The van der Waals surface area contributed by atoms with Crippen molar-refractivity contribution in [2.75, 3.05) is 0 Å². The van der Waals surface area contributed by atoms with E-state index in [9.17, 15) is 17.3 Å². The molecule has 2 nitrogen and oxygen atoms in total. The van der Waals surface area contributed by atoms with Gasteiger partial charge in [0.25, 0.3) is 0 Å². The van der Waals surface area contributed by atoms with Crippen molar-refractivity contribution in [2.24, 2.45) is 4.19 Å². The van der Waals surface area contributed by atoms with Crippen LogP contribution < -0.4 is 0 Å². The average Bonchev–Trinajstić information content (AvgIpc) is 1.27. The van der Waals surface area contributed by atoms with E-state index in [2.05, 4.69) is 16.2 Å². The first-order valence-corrected chi connectivity index (χ1v) is 1.71. The number of hydrogen-bond donors (Lipinski definition) is 0. The van der Waals surface area contributed by atoms with E-state index in [-0.39, 0.29) is 0 Å². The van der Waals surface area contributed by atoms with Gasteiger partial charge in [-0.1, -0.05) is 0 Å². The Hall–Kier alpha value is -0.0956. The van der Waals surface area contributed by atoms with Crippen LogP contribution in [0.15, 0.2) is 4.19 Å². The molecule has 0 aliphatic rings. The summed E-state index contributed by atoms with van der Waals surface area (Å²) in [7, 11) is -6.00. The summed E-state index contributed by atoms with van der Waals surface area (Å²) in [6.07, 6.45) is 0. The summed E-state index contributed by atoms with van der Waals surface area (Å²) in [6, 6.07) is 0. The molecule has 0 N–H and O–H groups in total. The fourth-order valence-electron chi connectivity index (χ4n) is 0. The van der Waals surface area contributed by atoms with Crippen LogP contribution in [0.5, 0.6) is 0 Å². The zero-order valence-electron chi connectivity index (χ0n) is 3.30. The SMILES string of the molecule is F[B-](F)(F)F.O=[N][Fe+]. The summed E-state index contributed by atoms with van der Waals surface area (Å²) < 4.78 is 41.0. The van der Waals surface area contributed by atoms with E-state index < -0.39 is 7.25 Å². The fraction of sp³-hybridized carbons (Fsp3) is 0. The van der Waals surface area contributed by atoms with Crippen molar-refractivity contribution in [3.8, 4) is 0 Å². The molecule has 0 fully saturated rings. The summed E-state index contributed by atoms with van der Waals surface area (Å²) in [5.41, 5.74) is 0. The Labute approximate surface area is 50.7 Å². The van der Waals surface area contributed by atoms with Crippen LogP contribution in [0.3, 0.4) is 0 Å². The summed E-state index contributed by atoms with van der Waals surface area (Å²) >= 11 is 2.56. The summed E-state index contributed by atoms with van der Waals surface area (Å²) in [4.78, 5) is 8.44. The third-order valence-corrected chi connectivity index (χ3v) is 0. The Morgan fingerprint density at radius 1 is 1.25 bits per heavy atom. The van der Waals surface area contributed by atoms with Gasteiger partial charge in [-0.3, -0.25) is 0 Å². The number of nitrogens with zero attached hydrogens (tertiary/aromatic N) is 1. The van der Waals surface area contributed by atoms with Crippen molar-refractivity contribution in [1.82, 2.24) is 0 Å². The van der Waals surface area contributed by atoms with Gasteiger partial charge in [0.2, 0.25) is 0 Å². The van der Waals surface area contributed by atoms with Crippen LogP contribution in [0.1, 0.15) is 0 Å². The van der Waals surface area contributed by atoms with Crippen LogP contribution in [0.2, 0.25) is 0 Å². The van der Waals surface area contributed by atoms with E-state index in [0.29, 0.717) is 0 Å². The minimum absolute atomic E-state index is 2.00. The molecule has 8 heteroatoms. The molecule has 0 heterocycles. The monoisotopic (exact) mass is 173 g/mol. The molecule has 0 aromatic carbocycles. The number of hydrogen-bond acceptors (Lipinski definition) is 2. The zero-order chi connectivity index (χ0) is 7.21. The standard InChI is InChI=1S/BF4.Fe.NO/c2-1(3,4)5;;1-2/q-1;+2;-1. The van der Waals surface area contributed by atoms with Crippen molar-refractivity contribution in [2.45, 2.75) is 0 Å². The zero-order valence-corrected chi connectivity index (χ0v) is 4.40.